The molecule has 2 amide bonds. The zero-order valence-corrected chi connectivity index (χ0v) is 14.7. The van der Waals surface area contributed by atoms with Crippen LogP contribution < -0.4 is 15.5 Å². The average molecular weight is 356 g/mol. The number of quaternary nitrogens is 1. The topological polar surface area (TPSA) is 62.6 Å². The van der Waals surface area contributed by atoms with E-state index in [4.69, 9.17) is 0 Å². The van der Waals surface area contributed by atoms with Crippen molar-refractivity contribution < 1.29 is 18.9 Å². The number of hydrogen-bond acceptors (Lipinski definition) is 2. The van der Waals surface area contributed by atoms with E-state index >= 15 is 0 Å². The van der Waals surface area contributed by atoms with Gasteiger partial charge in [-0.05, 0) is 36.4 Å². The minimum Gasteiger partial charge on any atom is -0.355 e. The second-order valence-electron chi connectivity index (χ2n) is 6.62. The standard InChI is InChI=1S/C20H22FN3O2/c1-22-20(26)15-4-8-17(9-5-15)23-19(25)13-24(18-10-11-18)12-14-2-6-16(21)7-3-14/h2-9,18H,10-13H2,1H3,(H,22,26)(H,23,25)/p+1. The molecule has 0 bridgehead atoms. The molecule has 5 nitrogen and oxygen atoms in total. The van der Waals surface area contributed by atoms with Crippen LogP contribution in [0.1, 0.15) is 28.8 Å². The molecule has 3 rings (SSSR count). The second kappa shape index (κ2) is 8.10. The zero-order chi connectivity index (χ0) is 18.5. The van der Waals surface area contributed by atoms with Crippen LogP contribution in [0.4, 0.5) is 10.1 Å². The molecule has 1 aliphatic rings. The molecule has 0 radical (unpaired) electrons. The SMILES string of the molecule is CNC(=O)c1ccc(NC(=O)C[NH+](Cc2ccc(F)cc2)C2CC2)cc1. The Bertz CT molecular complexity index is 771. The van der Waals surface area contributed by atoms with E-state index in [9.17, 15) is 14.0 Å². The predicted molar refractivity (Wildman–Crippen MR) is 97.4 cm³/mol. The third kappa shape index (κ3) is 4.89. The van der Waals surface area contributed by atoms with E-state index in [-0.39, 0.29) is 17.6 Å². The highest BCUT2D eigenvalue weighted by molar-refractivity contribution is 5.95. The van der Waals surface area contributed by atoms with Gasteiger partial charge in [-0.15, -0.1) is 0 Å². The molecule has 0 saturated heterocycles. The van der Waals surface area contributed by atoms with Gasteiger partial charge in [-0.1, -0.05) is 12.1 Å². The molecule has 0 aromatic heterocycles. The van der Waals surface area contributed by atoms with Crippen LogP contribution >= 0.6 is 0 Å². The highest BCUT2D eigenvalue weighted by Crippen LogP contribution is 2.16. The summed E-state index contributed by atoms with van der Waals surface area (Å²) in [5.41, 5.74) is 2.24. The summed E-state index contributed by atoms with van der Waals surface area (Å²) >= 11 is 0. The van der Waals surface area contributed by atoms with E-state index in [1.165, 1.54) is 17.0 Å². The minimum atomic E-state index is -0.250. The first-order chi connectivity index (χ1) is 12.5. The summed E-state index contributed by atoms with van der Waals surface area (Å²) in [4.78, 5) is 25.1. The molecule has 1 unspecified atom stereocenters. The van der Waals surface area contributed by atoms with Crippen LogP contribution in [0.3, 0.4) is 0 Å². The van der Waals surface area contributed by atoms with Crippen molar-refractivity contribution in [3.05, 3.63) is 65.5 Å². The molecule has 2 aromatic rings. The third-order valence-electron chi connectivity index (χ3n) is 4.54. The monoisotopic (exact) mass is 356 g/mol. The number of benzene rings is 2. The summed E-state index contributed by atoms with van der Waals surface area (Å²) in [6, 6.07) is 13.7. The van der Waals surface area contributed by atoms with Crippen molar-refractivity contribution in [3.8, 4) is 0 Å². The van der Waals surface area contributed by atoms with Gasteiger partial charge < -0.3 is 15.5 Å². The Morgan fingerprint density at radius 2 is 1.73 bits per heavy atom. The van der Waals surface area contributed by atoms with Gasteiger partial charge in [0.2, 0.25) is 0 Å². The first-order valence-electron chi connectivity index (χ1n) is 8.76. The van der Waals surface area contributed by atoms with Gasteiger partial charge in [0.1, 0.15) is 12.4 Å². The fourth-order valence-electron chi connectivity index (χ4n) is 2.97. The number of carbonyl (C=O) groups is 2. The molecule has 136 valence electrons. The van der Waals surface area contributed by atoms with Gasteiger partial charge in [-0.3, -0.25) is 9.59 Å². The Labute approximate surface area is 152 Å². The first-order valence-corrected chi connectivity index (χ1v) is 8.76. The van der Waals surface area contributed by atoms with E-state index in [1.54, 1.807) is 43.4 Å². The van der Waals surface area contributed by atoms with Crippen molar-refractivity contribution >= 4 is 17.5 Å². The summed E-state index contributed by atoms with van der Waals surface area (Å²) in [7, 11) is 1.58. The van der Waals surface area contributed by atoms with E-state index < -0.39 is 0 Å². The summed E-state index contributed by atoms with van der Waals surface area (Å²) in [5, 5.41) is 5.44. The Hall–Kier alpha value is -2.73. The molecule has 6 heteroatoms. The maximum atomic E-state index is 13.1. The normalized spacial score (nSPS) is 14.5. The molecule has 0 heterocycles. The van der Waals surface area contributed by atoms with Crippen LogP contribution in [0.25, 0.3) is 0 Å². The van der Waals surface area contributed by atoms with E-state index in [2.05, 4.69) is 10.6 Å². The van der Waals surface area contributed by atoms with Gasteiger partial charge in [0.15, 0.2) is 6.54 Å². The van der Waals surface area contributed by atoms with Crippen molar-refractivity contribution in [1.29, 1.82) is 0 Å². The number of halogens is 1. The zero-order valence-electron chi connectivity index (χ0n) is 14.7. The van der Waals surface area contributed by atoms with Crippen LogP contribution in [-0.4, -0.2) is 31.4 Å². The Kier molecular flexibility index (Phi) is 5.63. The van der Waals surface area contributed by atoms with Gasteiger partial charge in [0.05, 0.1) is 6.04 Å². The summed E-state index contributed by atoms with van der Waals surface area (Å²) in [6.07, 6.45) is 2.23. The van der Waals surface area contributed by atoms with Crippen molar-refractivity contribution in [1.82, 2.24) is 5.32 Å². The molecule has 1 saturated carbocycles. The lowest BCUT2D eigenvalue weighted by atomic mass is 10.2. The summed E-state index contributed by atoms with van der Waals surface area (Å²) in [5.74, 6) is -0.479. The Balaban J connectivity index is 1.58. The molecule has 0 aliphatic heterocycles. The van der Waals surface area contributed by atoms with Crippen LogP contribution in [-0.2, 0) is 11.3 Å². The van der Waals surface area contributed by atoms with Gasteiger partial charge in [-0.2, -0.15) is 0 Å². The smallest absolute Gasteiger partial charge is 0.279 e. The minimum absolute atomic E-state index is 0.0679. The van der Waals surface area contributed by atoms with Crippen LogP contribution in [0.15, 0.2) is 48.5 Å². The second-order valence-corrected chi connectivity index (χ2v) is 6.62. The van der Waals surface area contributed by atoms with Gasteiger partial charge >= 0.3 is 0 Å². The maximum absolute atomic E-state index is 13.1. The van der Waals surface area contributed by atoms with E-state index in [1.807, 2.05) is 0 Å². The molecule has 3 N–H and O–H groups in total. The maximum Gasteiger partial charge on any atom is 0.279 e. The molecule has 1 atom stereocenters. The van der Waals surface area contributed by atoms with Gasteiger partial charge in [0.25, 0.3) is 11.8 Å². The number of hydrogen-bond donors (Lipinski definition) is 3. The summed E-state index contributed by atoms with van der Waals surface area (Å²) < 4.78 is 13.1. The largest absolute Gasteiger partial charge is 0.355 e. The number of carbonyl (C=O) groups excluding carboxylic acids is 2. The van der Waals surface area contributed by atoms with Crippen LogP contribution in [0.5, 0.6) is 0 Å². The fraction of sp³-hybridized carbons (Fsp3) is 0.300. The van der Waals surface area contributed by atoms with Crippen molar-refractivity contribution in [2.45, 2.75) is 25.4 Å². The first kappa shape index (κ1) is 18.1. The number of nitrogens with one attached hydrogen (secondary N) is 3. The molecule has 2 aromatic carbocycles. The lowest BCUT2D eigenvalue weighted by Crippen LogP contribution is -3.13. The third-order valence-corrected chi connectivity index (χ3v) is 4.54. The summed E-state index contributed by atoms with van der Waals surface area (Å²) in [6.45, 7) is 1.06. The van der Waals surface area contributed by atoms with Crippen LogP contribution in [0, 0.1) is 5.82 Å². The molecule has 1 aliphatic carbocycles. The number of rotatable bonds is 7. The molecule has 0 spiro atoms. The molecule has 1 fully saturated rings. The van der Waals surface area contributed by atoms with Gasteiger partial charge in [-0.25, -0.2) is 4.39 Å². The lowest BCUT2D eigenvalue weighted by Gasteiger charge is -2.19. The van der Waals surface area contributed by atoms with Crippen LogP contribution in [0.2, 0.25) is 0 Å². The van der Waals surface area contributed by atoms with E-state index in [0.29, 0.717) is 30.4 Å². The quantitative estimate of drug-likeness (QED) is 0.702. The molecule has 26 heavy (non-hydrogen) atoms. The highest BCUT2D eigenvalue weighted by atomic mass is 19.1. The van der Waals surface area contributed by atoms with Crippen molar-refractivity contribution in [2.24, 2.45) is 0 Å². The lowest BCUT2D eigenvalue weighted by molar-refractivity contribution is -0.916. The van der Waals surface area contributed by atoms with Gasteiger partial charge in [0, 0.05) is 36.7 Å². The average Bonchev–Trinajstić information content (AvgIpc) is 3.48. The van der Waals surface area contributed by atoms with Crippen molar-refractivity contribution in [3.63, 3.8) is 0 Å². The Morgan fingerprint density at radius 3 is 2.31 bits per heavy atom. The fourth-order valence-corrected chi connectivity index (χ4v) is 2.97. The molecular weight excluding hydrogens is 333 g/mol. The number of anilines is 1. The Morgan fingerprint density at radius 1 is 1.08 bits per heavy atom. The predicted octanol–water partition coefficient (Wildman–Crippen LogP) is 1.37. The van der Waals surface area contributed by atoms with Crippen molar-refractivity contribution in [2.75, 3.05) is 18.9 Å². The van der Waals surface area contributed by atoms with E-state index in [0.717, 1.165) is 18.4 Å². The molecular formula is C20H23FN3O2+. The highest BCUT2D eigenvalue weighted by Gasteiger charge is 2.34. The number of amides is 2.